The van der Waals surface area contributed by atoms with Crippen LogP contribution in [0.15, 0.2) is 16.5 Å². The number of aryl methyl sites for hydroxylation is 2. The highest BCUT2D eigenvalue weighted by Gasteiger charge is 2.48. The van der Waals surface area contributed by atoms with Gasteiger partial charge in [0, 0.05) is 21.5 Å². The molecule has 2 aromatic heterocycles. The van der Waals surface area contributed by atoms with Crippen molar-refractivity contribution in [3.8, 4) is 0 Å². The number of allylic oxidation sites excluding steroid dienone is 2. The number of rotatable bonds is 3. The van der Waals surface area contributed by atoms with Crippen LogP contribution in [0.3, 0.4) is 0 Å². The zero-order valence-corrected chi connectivity index (χ0v) is 15.1. The van der Waals surface area contributed by atoms with Gasteiger partial charge in [-0.15, -0.1) is 33.3 Å². The molecule has 0 amide bonds. The predicted octanol–water partition coefficient (Wildman–Crippen LogP) is 2.93. The average Bonchev–Trinajstić information content (AvgIpc) is 3.23. The Kier molecular flexibility index (Phi) is 3.82. The summed E-state index contributed by atoms with van der Waals surface area (Å²) in [5.74, 6) is 1.94. The molecule has 0 saturated heterocycles. The number of aromatic amines is 1. The molecule has 0 bridgehead atoms. The topological polar surface area (TPSA) is 80.5 Å². The zero-order valence-electron chi connectivity index (χ0n) is 13.4. The SMILES string of the molecule is Cc1cc2c(s1)CCC1=C(CCS1)C2(C[C@H](C)N)c1nn[nH]n1. The molecule has 122 valence electrons. The molecule has 2 aromatic rings. The Morgan fingerprint density at radius 1 is 1.39 bits per heavy atom. The third kappa shape index (κ3) is 2.37. The maximum absolute atomic E-state index is 6.30. The lowest BCUT2D eigenvalue weighted by molar-refractivity contribution is 0.461. The van der Waals surface area contributed by atoms with Crippen molar-refractivity contribution < 1.29 is 0 Å². The fraction of sp³-hybridized carbons (Fsp3) is 0.562. The number of thiophene rings is 1. The zero-order chi connectivity index (χ0) is 16.0. The summed E-state index contributed by atoms with van der Waals surface area (Å²) in [6.07, 6.45) is 4.16. The summed E-state index contributed by atoms with van der Waals surface area (Å²) in [4.78, 5) is 4.33. The summed E-state index contributed by atoms with van der Waals surface area (Å²) in [5, 5.41) is 15.4. The monoisotopic (exact) mass is 347 g/mol. The molecule has 23 heavy (non-hydrogen) atoms. The van der Waals surface area contributed by atoms with Crippen LogP contribution in [0.25, 0.3) is 0 Å². The van der Waals surface area contributed by atoms with Gasteiger partial charge in [-0.3, -0.25) is 0 Å². The Bertz CT molecular complexity index is 747. The standard InChI is InChI=1S/C16H21N5S2/c1-9(17)8-16(15-18-20-21-19-15)11-5-6-22-13(11)3-4-14-12(16)7-10(2)23-14/h7,9H,3-6,8,17H2,1-2H3,(H,18,19,20,21)/t9-,16?/m0/s1. The number of aromatic nitrogens is 4. The number of hydrogen-bond donors (Lipinski definition) is 2. The highest BCUT2D eigenvalue weighted by Crippen LogP contribution is 2.54. The highest BCUT2D eigenvalue weighted by atomic mass is 32.2. The van der Waals surface area contributed by atoms with E-state index in [9.17, 15) is 0 Å². The Morgan fingerprint density at radius 3 is 3.00 bits per heavy atom. The first kappa shape index (κ1) is 15.4. The maximum atomic E-state index is 6.30. The van der Waals surface area contributed by atoms with Gasteiger partial charge in [0.1, 0.15) is 0 Å². The fourth-order valence-corrected chi connectivity index (χ4v) is 6.44. The number of thioether (sulfide) groups is 1. The van der Waals surface area contributed by atoms with Gasteiger partial charge < -0.3 is 5.73 Å². The minimum absolute atomic E-state index is 0.0685. The Morgan fingerprint density at radius 2 is 2.26 bits per heavy atom. The molecule has 3 heterocycles. The lowest BCUT2D eigenvalue weighted by atomic mass is 9.69. The van der Waals surface area contributed by atoms with E-state index in [0.717, 1.165) is 37.3 Å². The smallest absolute Gasteiger partial charge is 0.189 e. The molecule has 2 aliphatic rings. The van der Waals surface area contributed by atoms with Crippen LogP contribution in [0.2, 0.25) is 0 Å². The molecule has 3 N–H and O–H groups in total. The number of nitrogens with one attached hydrogen (secondary N) is 1. The van der Waals surface area contributed by atoms with Gasteiger partial charge in [-0.25, -0.2) is 0 Å². The van der Waals surface area contributed by atoms with E-state index in [1.807, 2.05) is 23.1 Å². The van der Waals surface area contributed by atoms with Gasteiger partial charge in [-0.05, 0) is 61.6 Å². The largest absolute Gasteiger partial charge is 0.328 e. The fourth-order valence-electron chi connectivity index (χ4n) is 4.08. The van der Waals surface area contributed by atoms with Crippen molar-refractivity contribution in [2.24, 2.45) is 5.73 Å². The molecule has 1 aliphatic carbocycles. The van der Waals surface area contributed by atoms with E-state index in [2.05, 4.69) is 40.5 Å². The Balaban J connectivity index is 2.02. The summed E-state index contributed by atoms with van der Waals surface area (Å²) in [7, 11) is 0. The van der Waals surface area contributed by atoms with Gasteiger partial charge in [0.2, 0.25) is 0 Å². The Labute approximate surface area is 144 Å². The van der Waals surface area contributed by atoms with Gasteiger partial charge in [0.25, 0.3) is 0 Å². The summed E-state index contributed by atoms with van der Waals surface area (Å²) in [6.45, 7) is 4.26. The molecule has 2 atom stereocenters. The van der Waals surface area contributed by atoms with Crippen LogP contribution in [0.1, 0.15) is 47.3 Å². The van der Waals surface area contributed by atoms with Gasteiger partial charge in [-0.2, -0.15) is 5.21 Å². The maximum Gasteiger partial charge on any atom is 0.189 e. The predicted molar refractivity (Wildman–Crippen MR) is 94.7 cm³/mol. The van der Waals surface area contributed by atoms with E-state index in [4.69, 9.17) is 5.73 Å². The molecule has 0 spiro atoms. The molecular weight excluding hydrogens is 326 g/mol. The molecule has 0 aromatic carbocycles. The van der Waals surface area contributed by atoms with Gasteiger partial charge in [0.05, 0.1) is 5.41 Å². The Hall–Kier alpha value is -1.18. The number of nitrogens with zero attached hydrogens (tertiary/aromatic N) is 3. The van der Waals surface area contributed by atoms with Crippen LogP contribution >= 0.6 is 23.1 Å². The van der Waals surface area contributed by atoms with Crippen LogP contribution < -0.4 is 5.73 Å². The van der Waals surface area contributed by atoms with Gasteiger partial charge in [0.15, 0.2) is 5.82 Å². The molecule has 0 fully saturated rings. The van der Waals surface area contributed by atoms with Crippen LogP contribution in [-0.2, 0) is 11.8 Å². The lowest BCUT2D eigenvalue weighted by Crippen LogP contribution is -2.38. The molecule has 1 aliphatic heterocycles. The van der Waals surface area contributed by atoms with E-state index >= 15 is 0 Å². The van der Waals surface area contributed by atoms with Crippen LogP contribution in [0, 0.1) is 6.92 Å². The second kappa shape index (κ2) is 5.72. The van der Waals surface area contributed by atoms with Gasteiger partial charge >= 0.3 is 0 Å². The molecule has 0 radical (unpaired) electrons. The van der Waals surface area contributed by atoms with E-state index in [-0.39, 0.29) is 11.5 Å². The van der Waals surface area contributed by atoms with E-state index in [1.165, 1.54) is 25.8 Å². The van der Waals surface area contributed by atoms with E-state index in [1.54, 1.807) is 0 Å². The molecule has 4 rings (SSSR count). The first-order valence-corrected chi connectivity index (χ1v) is 9.86. The van der Waals surface area contributed by atoms with Crippen molar-refractivity contribution in [3.63, 3.8) is 0 Å². The third-order valence-corrected chi connectivity index (χ3v) is 7.12. The minimum atomic E-state index is -0.309. The summed E-state index contributed by atoms with van der Waals surface area (Å²) >= 11 is 3.91. The molecule has 0 saturated carbocycles. The summed E-state index contributed by atoms with van der Waals surface area (Å²) in [6, 6.07) is 2.40. The lowest BCUT2D eigenvalue weighted by Gasteiger charge is -2.34. The number of H-pyrrole nitrogens is 1. The van der Waals surface area contributed by atoms with E-state index < -0.39 is 0 Å². The van der Waals surface area contributed by atoms with Crippen LogP contribution in [-0.4, -0.2) is 32.4 Å². The normalized spacial score (nSPS) is 25.2. The first-order chi connectivity index (χ1) is 11.1. The molecule has 5 nitrogen and oxygen atoms in total. The van der Waals surface area contributed by atoms with Crippen molar-refractivity contribution in [2.75, 3.05) is 5.75 Å². The number of hydrogen-bond acceptors (Lipinski definition) is 6. The van der Waals surface area contributed by atoms with Crippen molar-refractivity contribution in [2.45, 2.75) is 51.0 Å². The van der Waals surface area contributed by atoms with Crippen LogP contribution in [0.4, 0.5) is 0 Å². The number of tetrazole rings is 1. The molecule has 7 heteroatoms. The summed E-state index contributed by atoms with van der Waals surface area (Å²) < 4.78 is 0. The minimum Gasteiger partial charge on any atom is -0.328 e. The van der Waals surface area contributed by atoms with Crippen molar-refractivity contribution in [1.82, 2.24) is 20.6 Å². The molecule has 1 unspecified atom stereocenters. The highest BCUT2D eigenvalue weighted by molar-refractivity contribution is 8.03. The first-order valence-electron chi connectivity index (χ1n) is 8.06. The second-order valence-corrected chi connectivity index (χ2v) is 9.05. The number of nitrogens with two attached hydrogens (primary N) is 1. The van der Waals surface area contributed by atoms with Crippen LogP contribution in [0.5, 0.6) is 0 Å². The molecular formula is C16H21N5S2. The van der Waals surface area contributed by atoms with Crippen molar-refractivity contribution in [3.05, 3.63) is 37.7 Å². The number of fused-ring (bicyclic) bond motifs is 1. The summed E-state index contributed by atoms with van der Waals surface area (Å²) in [5.41, 5.74) is 8.84. The second-order valence-electron chi connectivity index (χ2n) is 6.52. The van der Waals surface area contributed by atoms with Gasteiger partial charge in [-0.1, -0.05) is 5.21 Å². The van der Waals surface area contributed by atoms with Crippen molar-refractivity contribution >= 4 is 23.1 Å². The third-order valence-electron chi connectivity index (χ3n) is 4.81. The quantitative estimate of drug-likeness (QED) is 0.892. The van der Waals surface area contributed by atoms with Crippen molar-refractivity contribution in [1.29, 1.82) is 0 Å². The average molecular weight is 348 g/mol. The van der Waals surface area contributed by atoms with E-state index in [0.29, 0.717) is 0 Å².